The van der Waals surface area contributed by atoms with Crippen molar-refractivity contribution in [3.05, 3.63) is 12.1 Å². The van der Waals surface area contributed by atoms with Crippen molar-refractivity contribution in [1.82, 2.24) is 15.2 Å². The molecule has 0 radical (unpaired) electrons. The summed E-state index contributed by atoms with van der Waals surface area (Å²) >= 11 is 0. The number of rotatable bonds is 11. The second-order valence-electron chi connectivity index (χ2n) is 18.5. The van der Waals surface area contributed by atoms with Crippen molar-refractivity contribution in [2.24, 2.45) is 17.8 Å². The van der Waals surface area contributed by atoms with Crippen LogP contribution in [0.15, 0.2) is 12.1 Å². The Morgan fingerprint density at radius 3 is 2.20 bits per heavy atom. The third-order valence-electron chi connectivity index (χ3n) is 13.4. The third-order valence-corrected chi connectivity index (χ3v) is 13.4. The van der Waals surface area contributed by atoms with Crippen LogP contribution in [0.2, 0.25) is 0 Å². The van der Waals surface area contributed by atoms with Crippen LogP contribution in [0.4, 0.5) is 0 Å². The molecule has 0 aromatic carbocycles. The number of aliphatic hydroxyl groups excluding tert-OH is 2. The van der Waals surface area contributed by atoms with Gasteiger partial charge in [0.2, 0.25) is 5.88 Å². The van der Waals surface area contributed by atoms with Gasteiger partial charge in [-0.05, 0) is 93.8 Å². The Labute approximate surface area is 363 Å². The molecular weight excluding hydrogens is 794 g/mol. The Morgan fingerprint density at radius 1 is 0.934 bits per heavy atom. The second-order valence-corrected chi connectivity index (χ2v) is 18.5. The zero-order valence-electron chi connectivity index (χ0n) is 39.1. The summed E-state index contributed by atoms with van der Waals surface area (Å²) in [5.74, 6) is -1.86. The number of aliphatic hydroxyl groups is 4. The van der Waals surface area contributed by atoms with E-state index < -0.39 is 96.0 Å². The lowest BCUT2D eigenvalue weighted by atomic mass is 9.77. The smallest absolute Gasteiger partial charge is 0.311 e. The lowest BCUT2D eigenvalue weighted by Crippen LogP contribution is -2.61. The average Bonchev–Trinajstić information content (AvgIpc) is 3.21. The first kappa shape index (κ1) is 51.2. The van der Waals surface area contributed by atoms with Crippen LogP contribution in [-0.2, 0) is 33.2 Å². The van der Waals surface area contributed by atoms with Crippen LogP contribution in [0.5, 0.6) is 17.5 Å². The number of esters is 1. The highest BCUT2D eigenvalue weighted by Crippen LogP contribution is 2.41. The zero-order valence-corrected chi connectivity index (χ0v) is 39.1. The molecule has 0 bridgehead atoms. The van der Waals surface area contributed by atoms with Gasteiger partial charge < -0.3 is 73.3 Å². The van der Waals surface area contributed by atoms with Gasteiger partial charge in [0.15, 0.2) is 24.4 Å². The molecule has 0 unspecified atom stereocenters. The van der Waals surface area contributed by atoms with E-state index in [9.17, 15) is 25.2 Å². The highest BCUT2D eigenvalue weighted by molar-refractivity contribution is 5.73. The van der Waals surface area contributed by atoms with Crippen molar-refractivity contribution < 1.29 is 67.9 Å². The summed E-state index contributed by atoms with van der Waals surface area (Å²) in [4.78, 5) is 20.8. The van der Waals surface area contributed by atoms with E-state index in [0.717, 1.165) is 0 Å². The van der Waals surface area contributed by atoms with Gasteiger partial charge in [-0.25, -0.2) is 0 Å². The number of carbonyl (C=O) groups is 1. The highest BCUT2D eigenvalue weighted by atomic mass is 16.7. The Balaban J connectivity index is 1.87. The monoisotopic (exact) mass is 872 g/mol. The molecule has 0 spiro atoms. The first-order valence-electron chi connectivity index (χ1n) is 21.8. The molecular formula is C44H77N3O14. The predicted molar refractivity (Wildman–Crippen MR) is 225 cm³/mol. The molecule has 4 heterocycles. The number of aromatic nitrogens is 1. The maximum atomic E-state index is 14.5. The SMILES string of the molecule is CC[C@H]1OC(=O)[C@H](C)[C@@H](O[C@H]2C[C@@](C)(OC)[C@@H](O)[C@H](C)O2)[C@H](C)[C@@H](O[C@@H]2O[C@H](C)C[C@H](NC)[C@H]2Oc2ccc(OC)nc2OC)[C@](C)(O)C[C@@H](C)CN(C)[C@H](C)[C@@H](O)[C@]1(C)O. The molecule has 1 aromatic rings. The first-order chi connectivity index (χ1) is 28.5. The minimum Gasteiger partial charge on any atom is -0.481 e. The lowest BCUT2D eigenvalue weighted by Gasteiger charge is -2.48. The van der Waals surface area contributed by atoms with E-state index in [0.29, 0.717) is 24.6 Å². The summed E-state index contributed by atoms with van der Waals surface area (Å²) < 4.78 is 56.2. The normalized spacial score (nSPS) is 43.7. The number of pyridine rings is 1. The number of methoxy groups -OCH3 is 3. The van der Waals surface area contributed by atoms with Crippen molar-refractivity contribution in [3.8, 4) is 17.5 Å². The maximum Gasteiger partial charge on any atom is 0.311 e. The van der Waals surface area contributed by atoms with Crippen molar-refractivity contribution in [2.75, 3.05) is 42.0 Å². The third kappa shape index (κ3) is 11.6. The standard InChI is InChI=1S/C44H77N3O14/c1-16-31-44(10,52)36(48)27(6)47(12)22-23(2)20-42(8,51)38(25(4)34(26(5)40(50)59-31)60-33-21-43(9,55-15)37(49)28(7)57-33)61-41-35(29(45-11)19-24(3)56-41)58-30-17-18-32(53-13)46-39(30)54-14/h17-18,23-29,31,33-38,41,45,48-49,51-52H,16,19-22H2,1-15H3/t23-,24-,25+,26-,27-,28+,29+,31-,33+,34+,35-,36-,37+,38-,41+,42-,43-,44-/m1/s1. The fraction of sp³-hybridized carbons (Fsp3) is 0.864. The molecule has 0 aliphatic carbocycles. The van der Waals surface area contributed by atoms with Gasteiger partial charge in [-0.3, -0.25) is 4.79 Å². The second kappa shape index (κ2) is 21.0. The molecule has 352 valence electrons. The van der Waals surface area contributed by atoms with Crippen molar-refractivity contribution in [1.29, 1.82) is 0 Å². The van der Waals surface area contributed by atoms with Crippen LogP contribution in [0.1, 0.15) is 94.9 Å². The lowest BCUT2D eigenvalue weighted by molar-refractivity contribution is -0.314. The molecule has 17 nitrogen and oxygen atoms in total. The fourth-order valence-corrected chi connectivity index (χ4v) is 9.56. The largest absolute Gasteiger partial charge is 0.481 e. The van der Waals surface area contributed by atoms with Gasteiger partial charge in [0, 0.05) is 38.1 Å². The van der Waals surface area contributed by atoms with Gasteiger partial charge >= 0.3 is 5.97 Å². The number of hydrogen-bond acceptors (Lipinski definition) is 17. The Kier molecular flexibility index (Phi) is 17.7. The van der Waals surface area contributed by atoms with E-state index in [-0.39, 0.29) is 43.2 Å². The van der Waals surface area contributed by atoms with E-state index >= 15 is 0 Å². The topological polar surface area (TPSA) is 209 Å². The van der Waals surface area contributed by atoms with Crippen molar-refractivity contribution in [2.45, 2.75) is 185 Å². The number of likely N-dealkylation sites (N-methyl/N-ethyl adjacent to an activating group) is 2. The average molecular weight is 872 g/mol. The molecule has 0 amide bonds. The molecule has 3 aliphatic heterocycles. The zero-order chi connectivity index (χ0) is 45.8. The number of cyclic esters (lactones) is 1. The summed E-state index contributed by atoms with van der Waals surface area (Å²) in [6, 6.07) is 2.50. The number of nitrogens with zero attached hydrogens (tertiary/aromatic N) is 2. The van der Waals surface area contributed by atoms with Gasteiger partial charge in [0.05, 0.1) is 61.8 Å². The van der Waals surface area contributed by atoms with Crippen LogP contribution in [-0.4, -0.2) is 169 Å². The minimum atomic E-state index is -1.82. The van der Waals surface area contributed by atoms with Gasteiger partial charge in [0.1, 0.15) is 23.9 Å². The maximum absolute atomic E-state index is 14.5. The Bertz CT molecular complexity index is 1550. The molecule has 18 atom stereocenters. The first-order valence-corrected chi connectivity index (χ1v) is 21.8. The van der Waals surface area contributed by atoms with Gasteiger partial charge in [0.25, 0.3) is 5.88 Å². The van der Waals surface area contributed by atoms with Crippen LogP contribution in [0, 0.1) is 17.8 Å². The Hall–Kier alpha value is -2.42. The van der Waals surface area contributed by atoms with Crippen LogP contribution in [0.25, 0.3) is 0 Å². The summed E-state index contributed by atoms with van der Waals surface area (Å²) in [5, 5.41) is 50.7. The van der Waals surface area contributed by atoms with Gasteiger partial charge in [-0.15, -0.1) is 0 Å². The number of carbonyl (C=O) groups excluding carboxylic acids is 1. The van der Waals surface area contributed by atoms with Crippen molar-refractivity contribution in [3.63, 3.8) is 0 Å². The highest BCUT2D eigenvalue weighted by Gasteiger charge is 2.53. The molecule has 4 rings (SSSR count). The summed E-state index contributed by atoms with van der Waals surface area (Å²) in [6.45, 7) is 18.1. The minimum absolute atomic E-state index is 0.113. The van der Waals surface area contributed by atoms with Gasteiger partial charge in [-0.2, -0.15) is 4.98 Å². The Morgan fingerprint density at radius 2 is 1.61 bits per heavy atom. The number of ether oxygens (including phenoxy) is 9. The van der Waals surface area contributed by atoms with Crippen LogP contribution >= 0.6 is 0 Å². The molecule has 3 fully saturated rings. The van der Waals surface area contributed by atoms with Crippen LogP contribution < -0.4 is 19.5 Å². The molecule has 17 heteroatoms. The number of hydrogen-bond donors (Lipinski definition) is 5. The van der Waals surface area contributed by atoms with E-state index in [1.165, 1.54) is 28.3 Å². The van der Waals surface area contributed by atoms with Crippen molar-refractivity contribution >= 4 is 5.97 Å². The van der Waals surface area contributed by atoms with E-state index in [1.807, 2.05) is 39.8 Å². The molecule has 3 aliphatic rings. The molecule has 0 saturated carbocycles. The summed E-state index contributed by atoms with van der Waals surface area (Å²) in [7, 11) is 8.17. The van der Waals surface area contributed by atoms with Gasteiger partial charge in [-0.1, -0.05) is 20.8 Å². The summed E-state index contributed by atoms with van der Waals surface area (Å²) in [6.07, 6.45) is -8.24. The molecule has 3 saturated heterocycles. The van der Waals surface area contributed by atoms with E-state index in [4.69, 9.17) is 42.6 Å². The van der Waals surface area contributed by atoms with Crippen LogP contribution in [0.3, 0.4) is 0 Å². The fourth-order valence-electron chi connectivity index (χ4n) is 9.56. The van der Waals surface area contributed by atoms with E-state index in [2.05, 4.69) is 10.3 Å². The summed E-state index contributed by atoms with van der Waals surface area (Å²) in [5.41, 5.74) is -4.48. The molecule has 5 N–H and O–H groups in total. The molecule has 1 aromatic heterocycles. The van der Waals surface area contributed by atoms with E-state index in [1.54, 1.807) is 53.7 Å². The molecule has 61 heavy (non-hydrogen) atoms. The quantitative estimate of drug-likeness (QED) is 0.203. The number of nitrogens with one attached hydrogen (secondary N) is 1. The predicted octanol–water partition coefficient (Wildman–Crippen LogP) is 3.06.